The van der Waals surface area contributed by atoms with E-state index in [1.807, 2.05) is 0 Å². The summed E-state index contributed by atoms with van der Waals surface area (Å²) >= 11 is 0. The van der Waals surface area contributed by atoms with Crippen molar-refractivity contribution in [1.29, 1.82) is 0 Å². The number of ether oxygens (including phenoxy) is 1. The van der Waals surface area contributed by atoms with Crippen LogP contribution in [0, 0.1) is 6.92 Å². The molecule has 1 aliphatic rings. The molecule has 1 heterocycles. The zero-order valence-corrected chi connectivity index (χ0v) is 13.1. The lowest BCUT2D eigenvalue weighted by Gasteiger charge is -2.28. The first kappa shape index (κ1) is 15.3. The quantitative estimate of drug-likeness (QED) is 0.774. The van der Waals surface area contributed by atoms with E-state index in [9.17, 15) is 0 Å². The monoisotopic (exact) mass is 276 g/mol. The molecule has 1 aromatic carbocycles. The van der Waals surface area contributed by atoms with Crippen molar-refractivity contribution in [3.8, 4) is 0 Å². The second-order valence-corrected chi connectivity index (χ2v) is 5.69. The van der Waals surface area contributed by atoms with Crippen LogP contribution in [-0.4, -0.2) is 32.8 Å². The lowest BCUT2D eigenvalue weighted by Crippen LogP contribution is -2.29. The third-order valence-electron chi connectivity index (χ3n) is 4.23. The summed E-state index contributed by atoms with van der Waals surface area (Å²) in [5, 5.41) is 3.40. The van der Waals surface area contributed by atoms with Crippen LogP contribution in [0.25, 0.3) is 0 Å². The molecule has 3 heteroatoms. The smallest absolute Gasteiger partial charge is 0.0587 e. The van der Waals surface area contributed by atoms with Gasteiger partial charge in [-0.3, -0.25) is 0 Å². The highest BCUT2D eigenvalue weighted by Gasteiger charge is 2.23. The molecule has 3 nitrogen and oxygen atoms in total. The van der Waals surface area contributed by atoms with Gasteiger partial charge in [0.1, 0.15) is 0 Å². The first-order valence-electron chi connectivity index (χ1n) is 7.82. The Bertz CT molecular complexity index is 419. The number of rotatable bonds is 7. The van der Waals surface area contributed by atoms with Crippen LogP contribution in [0.2, 0.25) is 0 Å². The van der Waals surface area contributed by atoms with E-state index in [-0.39, 0.29) is 0 Å². The average molecular weight is 276 g/mol. The highest BCUT2D eigenvalue weighted by atomic mass is 16.5. The van der Waals surface area contributed by atoms with Crippen LogP contribution >= 0.6 is 0 Å². The highest BCUT2D eigenvalue weighted by molar-refractivity contribution is 5.56. The maximum atomic E-state index is 5.05. The number of methoxy groups -OCH3 is 1. The van der Waals surface area contributed by atoms with E-state index in [0.717, 1.165) is 25.7 Å². The summed E-state index contributed by atoms with van der Waals surface area (Å²) in [6, 6.07) is 7.61. The topological polar surface area (TPSA) is 24.5 Å². The molecule has 20 heavy (non-hydrogen) atoms. The molecule has 1 aromatic rings. The van der Waals surface area contributed by atoms with Crippen molar-refractivity contribution in [2.75, 3.05) is 31.7 Å². The predicted molar refractivity (Wildman–Crippen MR) is 85.4 cm³/mol. The summed E-state index contributed by atoms with van der Waals surface area (Å²) in [7, 11) is 1.74. The number of nitrogens with one attached hydrogen (secondary N) is 1. The Kier molecular flexibility index (Phi) is 5.86. The molecule has 1 aliphatic heterocycles. The van der Waals surface area contributed by atoms with Crippen molar-refractivity contribution in [1.82, 2.24) is 5.32 Å². The van der Waals surface area contributed by atoms with E-state index in [0.29, 0.717) is 0 Å². The lowest BCUT2D eigenvalue weighted by atomic mass is 10.1. The van der Waals surface area contributed by atoms with Crippen LogP contribution in [0.5, 0.6) is 0 Å². The fourth-order valence-corrected chi connectivity index (χ4v) is 3.13. The Balaban J connectivity index is 1.98. The number of hydrogen-bond donors (Lipinski definition) is 1. The third-order valence-corrected chi connectivity index (χ3v) is 4.23. The summed E-state index contributed by atoms with van der Waals surface area (Å²) in [6.45, 7) is 8.34. The fourth-order valence-electron chi connectivity index (χ4n) is 3.13. The summed E-state index contributed by atoms with van der Waals surface area (Å²) in [4.78, 5) is 2.59. The second kappa shape index (κ2) is 7.65. The van der Waals surface area contributed by atoms with Crippen molar-refractivity contribution >= 4 is 5.69 Å². The van der Waals surface area contributed by atoms with Gasteiger partial charge in [0.25, 0.3) is 0 Å². The van der Waals surface area contributed by atoms with Gasteiger partial charge >= 0.3 is 0 Å². The van der Waals surface area contributed by atoms with Crippen molar-refractivity contribution in [2.45, 2.75) is 45.7 Å². The normalized spacial score (nSPS) is 18.8. The first-order valence-corrected chi connectivity index (χ1v) is 7.82. The summed E-state index contributed by atoms with van der Waals surface area (Å²) in [6.07, 6.45) is 3.92. The fraction of sp³-hybridized carbons (Fsp3) is 0.647. The molecule has 112 valence electrons. The summed E-state index contributed by atoms with van der Waals surface area (Å²) < 4.78 is 5.05. The molecule has 0 saturated carbocycles. The van der Waals surface area contributed by atoms with Crippen LogP contribution in [0.3, 0.4) is 0 Å². The maximum Gasteiger partial charge on any atom is 0.0587 e. The Morgan fingerprint density at radius 3 is 2.95 bits per heavy atom. The minimum Gasteiger partial charge on any atom is -0.383 e. The second-order valence-electron chi connectivity index (χ2n) is 5.69. The first-order chi connectivity index (χ1) is 9.76. The van der Waals surface area contributed by atoms with Crippen LogP contribution in [-0.2, 0) is 11.3 Å². The molecular formula is C17H28N2O. The molecule has 0 aromatic heterocycles. The van der Waals surface area contributed by atoms with Crippen LogP contribution in [0.4, 0.5) is 5.69 Å². The molecule has 0 spiro atoms. The van der Waals surface area contributed by atoms with Gasteiger partial charge in [0.15, 0.2) is 0 Å². The SMILES string of the molecule is CCC1CCCN1c1ccc(CNCCOC)cc1C. The minimum absolute atomic E-state index is 0.736. The maximum absolute atomic E-state index is 5.05. The third kappa shape index (κ3) is 3.74. The predicted octanol–water partition coefficient (Wildman–Crippen LogP) is 3.11. The van der Waals surface area contributed by atoms with E-state index in [2.05, 4.69) is 42.3 Å². The van der Waals surface area contributed by atoms with Gasteiger partial charge in [0.05, 0.1) is 6.61 Å². The molecule has 0 aliphatic carbocycles. The van der Waals surface area contributed by atoms with Crippen LogP contribution < -0.4 is 10.2 Å². The number of hydrogen-bond acceptors (Lipinski definition) is 3. The summed E-state index contributed by atoms with van der Waals surface area (Å²) in [5.41, 5.74) is 4.18. The van der Waals surface area contributed by atoms with Gasteiger partial charge in [-0.05, 0) is 43.4 Å². The molecule has 1 atom stereocenters. The Hall–Kier alpha value is -1.06. The van der Waals surface area contributed by atoms with Crippen LogP contribution in [0.15, 0.2) is 18.2 Å². The molecule has 1 saturated heterocycles. The van der Waals surface area contributed by atoms with Gasteiger partial charge in [-0.2, -0.15) is 0 Å². The highest BCUT2D eigenvalue weighted by Crippen LogP contribution is 2.30. The van der Waals surface area contributed by atoms with Crippen molar-refractivity contribution in [3.63, 3.8) is 0 Å². The van der Waals surface area contributed by atoms with Gasteiger partial charge in [0, 0.05) is 38.5 Å². The molecule has 0 radical (unpaired) electrons. The largest absolute Gasteiger partial charge is 0.383 e. The molecular weight excluding hydrogens is 248 g/mol. The average Bonchev–Trinajstić information content (AvgIpc) is 2.92. The van der Waals surface area contributed by atoms with Crippen molar-refractivity contribution in [3.05, 3.63) is 29.3 Å². The van der Waals surface area contributed by atoms with Crippen molar-refractivity contribution in [2.24, 2.45) is 0 Å². The van der Waals surface area contributed by atoms with Gasteiger partial charge < -0.3 is 15.0 Å². The molecule has 0 amide bonds. The number of anilines is 1. The van der Waals surface area contributed by atoms with Gasteiger partial charge in [-0.1, -0.05) is 19.1 Å². The van der Waals surface area contributed by atoms with Gasteiger partial charge in [-0.15, -0.1) is 0 Å². The van der Waals surface area contributed by atoms with Gasteiger partial charge in [0.2, 0.25) is 0 Å². The van der Waals surface area contributed by atoms with E-state index < -0.39 is 0 Å². The van der Waals surface area contributed by atoms with E-state index >= 15 is 0 Å². The molecule has 1 fully saturated rings. The summed E-state index contributed by atoms with van der Waals surface area (Å²) in [5.74, 6) is 0. The van der Waals surface area contributed by atoms with E-state index in [1.54, 1.807) is 7.11 Å². The standard InChI is InChI=1S/C17H28N2O/c1-4-16-6-5-10-19(16)17-8-7-15(12-14(17)2)13-18-9-11-20-3/h7-8,12,16,18H,4-6,9-11,13H2,1-3H3. The van der Waals surface area contributed by atoms with E-state index in [4.69, 9.17) is 4.74 Å². The molecule has 2 rings (SSSR count). The Morgan fingerprint density at radius 1 is 1.40 bits per heavy atom. The molecule has 0 bridgehead atoms. The Morgan fingerprint density at radius 2 is 2.25 bits per heavy atom. The van der Waals surface area contributed by atoms with E-state index in [1.165, 1.54) is 42.6 Å². The molecule has 1 N–H and O–H groups in total. The van der Waals surface area contributed by atoms with Gasteiger partial charge in [-0.25, -0.2) is 0 Å². The number of benzene rings is 1. The lowest BCUT2D eigenvalue weighted by molar-refractivity contribution is 0.199. The number of aryl methyl sites for hydroxylation is 1. The minimum atomic E-state index is 0.736. The molecule has 1 unspecified atom stereocenters. The zero-order valence-electron chi connectivity index (χ0n) is 13.1. The number of nitrogens with zero attached hydrogens (tertiary/aromatic N) is 1. The van der Waals surface area contributed by atoms with Crippen molar-refractivity contribution < 1.29 is 4.74 Å². The van der Waals surface area contributed by atoms with Crippen LogP contribution in [0.1, 0.15) is 37.3 Å². The Labute approximate surface area is 123 Å². The zero-order chi connectivity index (χ0) is 14.4.